The van der Waals surface area contributed by atoms with Crippen molar-refractivity contribution < 1.29 is 4.79 Å². The Morgan fingerprint density at radius 3 is 2.74 bits per heavy atom. The number of carbonyl (C=O) groups is 1. The second-order valence-electron chi connectivity index (χ2n) is 6.85. The molecule has 2 amide bonds. The van der Waals surface area contributed by atoms with E-state index in [1.807, 2.05) is 0 Å². The molecule has 4 nitrogen and oxygen atoms in total. The van der Waals surface area contributed by atoms with Crippen LogP contribution in [0.5, 0.6) is 0 Å². The standard InChI is InChI=1S/C19H31N3O/c1-16-7-9-18(10-8-16)14-21-19(23)20-11-3-4-12-22-13-5-6-17(2)15-22/h7-10,17H,3-6,11-15H2,1-2H3,(H2,20,21,23)/t17-/m0/s1. The van der Waals surface area contributed by atoms with Crippen LogP contribution in [0.15, 0.2) is 24.3 Å². The number of nitrogens with zero attached hydrogens (tertiary/aromatic N) is 1. The summed E-state index contributed by atoms with van der Waals surface area (Å²) in [6.45, 7) is 9.39. The highest BCUT2D eigenvalue weighted by molar-refractivity contribution is 5.73. The zero-order chi connectivity index (χ0) is 16.5. The molecule has 0 radical (unpaired) electrons. The highest BCUT2D eigenvalue weighted by Gasteiger charge is 2.15. The molecule has 1 aliphatic heterocycles. The van der Waals surface area contributed by atoms with Crippen LogP contribution in [0.1, 0.15) is 43.7 Å². The van der Waals surface area contributed by atoms with Crippen molar-refractivity contribution in [3.05, 3.63) is 35.4 Å². The maximum Gasteiger partial charge on any atom is 0.315 e. The second kappa shape index (κ2) is 9.56. The van der Waals surface area contributed by atoms with Gasteiger partial charge in [0.05, 0.1) is 0 Å². The topological polar surface area (TPSA) is 44.4 Å². The summed E-state index contributed by atoms with van der Waals surface area (Å²) in [5, 5.41) is 5.85. The molecule has 0 aliphatic carbocycles. The average Bonchev–Trinajstić information content (AvgIpc) is 2.54. The molecule has 2 N–H and O–H groups in total. The molecule has 128 valence electrons. The van der Waals surface area contributed by atoms with Gasteiger partial charge in [0.25, 0.3) is 0 Å². The van der Waals surface area contributed by atoms with Crippen molar-refractivity contribution in [2.24, 2.45) is 5.92 Å². The summed E-state index contributed by atoms with van der Waals surface area (Å²) in [7, 11) is 0. The van der Waals surface area contributed by atoms with E-state index in [0.717, 1.165) is 37.4 Å². The Labute approximate surface area is 140 Å². The van der Waals surface area contributed by atoms with E-state index in [9.17, 15) is 4.79 Å². The van der Waals surface area contributed by atoms with E-state index >= 15 is 0 Å². The van der Waals surface area contributed by atoms with Gasteiger partial charge in [0.15, 0.2) is 0 Å². The first-order valence-electron chi connectivity index (χ1n) is 8.93. The van der Waals surface area contributed by atoms with Crippen molar-refractivity contribution in [3.63, 3.8) is 0 Å². The second-order valence-corrected chi connectivity index (χ2v) is 6.85. The Morgan fingerprint density at radius 2 is 2.00 bits per heavy atom. The number of hydrogen-bond acceptors (Lipinski definition) is 2. The molecule has 0 aromatic heterocycles. The average molecular weight is 317 g/mol. The lowest BCUT2D eigenvalue weighted by atomic mass is 10.0. The fourth-order valence-electron chi connectivity index (χ4n) is 3.10. The maximum atomic E-state index is 11.8. The number of carbonyl (C=O) groups excluding carboxylic acids is 1. The minimum absolute atomic E-state index is 0.0721. The lowest BCUT2D eigenvalue weighted by Crippen LogP contribution is -2.37. The fraction of sp³-hybridized carbons (Fsp3) is 0.632. The van der Waals surface area contributed by atoms with Gasteiger partial charge in [-0.2, -0.15) is 0 Å². The molecule has 1 atom stereocenters. The van der Waals surface area contributed by atoms with E-state index in [2.05, 4.69) is 53.6 Å². The molecule has 0 spiro atoms. The van der Waals surface area contributed by atoms with Crippen molar-refractivity contribution in [3.8, 4) is 0 Å². The van der Waals surface area contributed by atoms with Crippen molar-refractivity contribution >= 4 is 6.03 Å². The van der Waals surface area contributed by atoms with E-state index in [0.29, 0.717) is 6.54 Å². The number of rotatable bonds is 7. The number of unbranched alkanes of at least 4 members (excludes halogenated alkanes) is 1. The molecule has 1 aromatic carbocycles. The van der Waals surface area contributed by atoms with Gasteiger partial charge < -0.3 is 15.5 Å². The van der Waals surface area contributed by atoms with Crippen molar-refractivity contribution in [1.82, 2.24) is 15.5 Å². The summed E-state index contributed by atoms with van der Waals surface area (Å²) in [4.78, 5) is 14.3. The molecule has 1 fully saturated rings. The van der Waals surface area contributed by atoms with Gasteiger partial charge in [0.1, 0.15) is 0 Å². The van der Waals surface area contributed by atoms with E-state index in [1.165, 1.54) is 31.5 Å². The first kappa shape index (κ1) is 17.8. The van der Waals surface area contributed by atoms with Crippen LogP contribution < -0.4 is 10.6 Å². The largest absolute Gasteiger partial charge is 0.338 e. The summed E-state index contributed by atoms with van der Waals surface area (Å²) in [6, 6.07) is 8.16. The smallest absolute Gasteiger partial charge is 0.315 e. The first-order valence-corrected chi connectivity index (χ1v) is 8.93. The van der Waals surface area contributed by atoms with Crippen molar-refractivity contribution in [2.75, 3.05) is 26.2 Å². The highest BCUT2D eigenvalue weighted by Crippen LogP contribution is 2.15. The minimum atomic E-state index is -0.0721. The van der Waals surface area contributed by atoms with Crippen LogP contribution in [-0.2, 0) is 6.54 Å². The minimum Gasteiger partial charge on any atom is -0.338 e. The predicted molar refractivity (Wildman–Crippen MR) is 95.5 cm³/mol. The zero-order valence-corrected chi connectivity index (χ0v) is 14.6. The summed E-state index contributed by atoms with van der Waals surface area (Å²) in [5.41, 5.74) is 2.37. The van der Waals surface area contributed by atoms with E-state index in [4.69, 9.17) is 0 Å². The molecule has 1 aliphatic rings. The van der Waals surface area contributed by atoms with Crippen LogP contribution in [0.3, 0.4) is 0 Å². The number of urea groups is 1. The number of likely N-dealkylation sites (tertiary alicyclic amines) is 1. The van der Waals surface area contributed by atoms with Gasteiger partial charge in [-0.1, -0.05) is 36.8 Å². The predicted octanol–water partition coefficient (Wildman–Crippen LogP) is 3.31. The number of benzene rings is 1. The molecular formula is C19H31N3O. The molecule has 2 rings (SSSR count). The third-order valence-electron chi connectivity index (χ3n) is 4.50. The molecule has 4 heteroatoms. The molecular weight excluding hydrogens is 286 g/mol. The summed E-state index contributed by atoms with van der Waals surface area (Å²) < 4.78 is 0. The van der Waals surface area contributed by atoms with Crippen LogP contribution in [0.4, 0.5) is 4.79 Å². The maximum absolute atomic E-state index is 11.8. The van der Waals surface area contributed by atoms with Gasteiger partial charge >= 0.3 is 6.03 Å². The number of piperidine rings is 1. The molecule has 0 bridgehead atoms. The number of nitrogens with one attached hydrogen (secondary N) is 2. The monoisotopic (exact) mass is 317 g/mol. The molecule has 0 saturated carbocycles. The van der Waals surface area contributed by atoms with Gasteiger partial charge in [-0.25, -0.2) is 4.79 Å². The van der Waals surface area contributed by atoms with E-state index in [-0.39, 0.29) is 6.03 Å². The lowest BCUT2D eigenvalue weighted by Gasteiger charge is -2.30. The number of hydrogen-bond donors (Lipinski definition) is 2. The van der Waals surface area contributed by atoms with Crippen LogP contribution >= 0.6 is 0 Å². The first-order chi connectivity index (χ1) is 11.1. The van der Waals surface area contributed by atoms with Crippen LogP contribution in [0.2, 0.25) is 0 Å². The normalized spacial score (nSPS) is 18.6. The van der Waals surface area contributed by atoms with Crippen molar-refractivity contribution in [2.45, 2.75) is 46.1 Å². The summed E-state index contributed by atoms with van der Waals surface area (Å²) >= 11 is 0. The SMILES string of the molecule is Cc1ccc(CNC(=O)NCCCCN2CCC[C@H](C)C2)cc1. The molecule has 1 heterocycles. The molecule has 0 unspecified atom stereocenters. The molecule has 1 saturated heterocycles. The number of aryl methyl sites for hydroxylation is 1. The third kappa shape index (κ3) is 7.04. The fourth-order valence-corrected chi connectivity index (χ4v) is 3.10. The third-order valence-corrected chi connectivity index (χ3v) is 4.50. The Hall–Kier alpha value is -1.55. The van der Waals surface area contributed by atoms with Gasteiger partial charge in [0, 0.05) is 19.6 Å². The number of amides is 2. The van der Waals surface area contributed by atoms with E-state index in [1.54, 1.807) is 0 Å². The quantitative estimate of drug-likeness (QED) is 0.758. The van der Waals surface area contributed by atoms with E-state index < -0.39 is 0 Å². The van der Waals surface area contributed by atoms with Gasteiger partial charge in [-0.05, 0) is 57.2 Å². The Morgan fingerprint density at radius 1 is 1.22 bits per heavy atom. The Balaban J connectivity index is 1.50. The van der Waals surface area contributed by atoms with Gasteiger partial charge in [-0.15, -0.1) is 0 Å². The van der Waals surface area contributed by atoms with Crippen LogP contribution in [0.25, 0.3) is 0 Å². The van der Waals surface area contributed by atoms with Gasteiger partial charge in [0.2, 0.25) is 0 Å². The molecule has 23 heavy (non-hydrogen) atoms. The highest BCUT2D eigenvalue weighted by atomic mass is 16.2. The van der Waals surface area contributed by atoms with Gasteiger partial charge in [-0.3, -0.25) is 0 Å². The molecule has 1 aromatic rings. The van der Waals surface area contributed by atoms with Crippen molar-refractivity contribution in [1.29, 1.82) is 0 Å². The summed E-state index contributed by atoms with van der Waals surface area (Å²) in [5.74, 6) is 0.842. The summed E-state index contributed by atoms with van der Waals surface area (Å²) in [6.07, 6.45) is 4.91. The Kier molecular flexibility index (Phi) is 7.40. The van der Waals surface area contributed by atoms with Crippen LogP contribution in [0, 0.1) is 12.8 Å². The zero-order valence-electron chi connectivity index (χ0n) is 14.6. The Bertz CT molecular complexity index is 472. The lowest BCUT2D eigenvalue weighted by molar-refractivity contribution is 0.181. The van der Waals surface area contributed by atoms with Crippen LogP contribution in [-0.4, -0.2) is 37.1 Å².